The summed E-state index contributed by atoms with van der Waals surface area (Å²) in [5, 5.41) is 15.7. The van der Waals surface area contributed by atoms with Crippen LogP contribution in [0.3, 0.4) is 0 Å². The zero-order valence-electron chi connectivity index (χ0n) is 17.6. The van der Waals surface area contributed by atoms with Crippen LogP contribution in [0.2, 0.25) is 0 Å². The molecule has 0 fully saturated rings. The summed E-state index contributed by atoms with van der Waals surface area (Å²) in [6.07, 6.45) is 5.32. The first-order valence-corrected chi connectivity index (χ1v) is 10.0. The number of rotatable bonds is 5. The number of hydrogen-bond donors (Lipinski definition) is 0. The lowest BCUT2D eigenvalue weighted by Crippen LogP contribution is -1.98. The van der Waals surface area contributed by atoms with E-state index in [-0.39, 0.29) is 0 Å². The number of hydrogen-bond acceptors (Lipinski definition) is 6. The van der Waals surface area contributed by atoms with Crippen molar-refractivity contribution in [2.45, 2.75) is 6.61 Å². The molecule has 0 aliphatic heterocycles. The summed E-state index contributed by atoms with van der Waals surface area (Å²) in [7, 11) is 3.51. The van der Waals surface area contributed by atoms with Gasteiger partial charge in [0.25, 0.3) is 0 Å². The summed E-state index contributed by atoms with van der Waals surface area (Å²) in [4.78, 5) is 8.76. The molecule has 3 aromatic heterocycles. The van der Waals surface area contributed by atoms with Gasteiger partial charge in [0.1, 0.15) is 12.3 Å². The molecule has 5 rings (SSSR count). The third-order valence-corrected chi connectivity index (χ3v) is 5.37. The molecule has 0 aliphatic rings. The molecule has 0 atom stereocenters. The van der Waals surface area contributed by atoms with Crippen LogP contribution in [0.15, 0.2) is 67.1 Å². The van der Waals surface area contributed by atoms with Crippen LogP contribution in [0, 0.1) is 11.3 Å². The van der Waals surface area contributed by atoms with Gasteiger partial charge in [-0.2, -0.15) is 10.4 Å². The second kappa shape index (κ2) is 8.00. The normalized spacial score (nSPS) is 10.9. The number of fused-ring (bicyclic) bond motifs is 3. The lowest BCUT2D eigenvalue weighted by Gasteiger charge is -2.12. The minimum absolute atomic E-state index is 0.370. The van der Waals surface area contributed by atoms with Gasteiger partial charge in [0.15, 0.2) is 11.5 Å². The highest BCUT2D eigenvalue weighted by Crippen LogP contribution is 2.38. The van der Waals surface area contributed by atoms with Gasteiger partial charge < -0.3 is 9.47 Å². The number of ether oxygens (including phenoxy) is 2. The maximum atomic E-state index is 9.12. The fourth-order valence-electron chi connectivity index (χ4n) is 3.76. The predicted octanol–water partition coefficient (Wildman–Crippen LogP) is 4.64. The standard InChI is InChI=1S/C25H19N5O2/c1-30-21-14-28-20-11-22(31-2)23(32-15-17-4-3-9-27-13-17)10-19(20)24(21)25(29-30)18-7-5-16(12-26)6-8-18/h3-11,13-14H,15H2,1-2H3. The van der Waals surface area contributed by atoms with Gasteiger partial charge in [-0.25, -0.2) is 0 Å². The Labute approximate surface area is 184 Å². The number of methoxy groups -OCH3 is 1. The fourth-order valence-corrected chi connectivity index (χ4v) is 3.76. The van der Waals surface area contributed by atoms with Crippen LogP contribution < -0.4 is 9.47 Å². The number of benzene rings is 2. The molecule has 0 radical (unpaired) electrons. The molecule has 2 aromatic carbocycles. The summed E-state index contributed by atoms with van der Waals surface area (Å²) in [6, 6.07) is 17.2. The Hall–Kier alpha value is -4.44. The van der Waals surface area contributed by atoms with E-state index >= 15 is 0 Å². The maximum absolute atomic E-state index is 9.12. The van der Waals surface area contributed by atoms with E-state index in [2.05, 4.69) is 16.0 Å². The Kier molecular flexibility index (Phi) is 4.88. The van der Waals surface area contributed by atoms with E-state index in [1.165, 1.54) is 0 Å². The molecular weight excluding hydrogens is 402 g/mol. The van der Waals surface area contributed by atoms with E-state index in [0.717, 1.165) is 38.6 Å². The zero-order chi connectivity index (χ0) is 22.1. The second-order valence-corrected chi connectivity index (χ2v) is 7.35. The van der Waals surface area contributed by atoms with Crippen LogP contribution >= 0.6 is 0 Å². The van der Waals surface area contributed by atoms with Crippen LogP contribution in [0.1, 0.15) is 11.1 Å². The molecule has 32 heavy (non-hydrogen) atoms. The maximum Gasteiger partial charge on any atom is 0.162 e. The molecule has 0 aliphatic carbocycles. The van der Waals surface area contributed by atoms with E-state index in [1.54, 1.807) is 31.6 Å². The smallest absolute Gasteiger partial charge is 0.162 e. The van der Waals surface area contributed by atoms with Crippen LogP contribution in [-0.2, 0) is 13.7 Å². The van der Waals surface area contributed by atoms with Gasteiger partial charge in [-0.1, -0.05) is 18.2 Å². The van der Waals surface area contributed by atoms with E-state index in [1.807, 2.05) is 54.3 Å². The molecule has 3 heterocycles. The molecule has 156 valence electrons. The molecule has 5 aromatic rings. The predicted molar refractivity (Wildman–Crippen MR) is 121 cm³/mol. The van der Waals surface area contributed by atoms with Crippen LogP contribution in [0.4, 0.5) is 0 Å². The highest BCUT2D eigenvalue weighted by molar-refractivity contribution is 6.11. The average molecular weight is 421 g/mol. The van der Waals surface area contributed by atoms with E-state index in [4.69, 9.17) is 19.8 Å². The van der Waals surface area contributed by atoms with E-state index in [9.17, 15) is 0 Å². The lowest BCUT2D eigenvalue weighted by molar-refractivity contribution is 0.285. The van der Waals surface area contributed by atoms with E-state index in [0.29, 0.717) is 23.7 Å². The molecule has 0 bridgehead atoms. The summed E-state index contributed by atoms with van der Waals surface area (Å²) < 4.78 is 13.5. The fraction of sp³-hybridized carbons (Fsp3) is 0.120. The van der Waals surface area contributed by atoms with Crippen molar-refractivity contribution in [2.24, 2.45) is 7.05 Å². The molecule has 7 heteroatoms. The SMILES string of the molecule is COc1cc2ncc3c(c(-c4ccc(C#N)cc4)nn3C)c2cc1OCc1cccnc1. The molecule has 0 N–H and O–H groups in total. The van der Waals surface area contributed by atoms with Gasteiger partial charge in [-0.15, -0.1) is 0 Å². The van der Waals surface area contributed by atoms with Crippen molar-refractivity contribution >= 4 is 21.8 Å². The largest absolute Gasteiger partial charge is 0.493 e. The van der Waals surface area contributed by atoms with Crippen molar-refractivity contribution in [3.05, 3.63) is 78.2 Å². The van der Waals surface area contributed by atoms with Crippen molar-refractivity contribution in [2.75, 3.05) is 7.11 Å². The molecule has 0 saturated carbocycles. The van der Waals surface area contributed by atoms with Crippen LogP contribution in [-0.4, -0.2) is 26.9 Å². The van der Waals surface area contributed by atoms with Crippen molar-refractivity contribution < 1.29 is 9.47 Å². The topological polar surface area (TPSA) is 85.8 Å². The first-order valence-electron chi connectivity index (χ1n) is 10.0. The Bertz CT molecular complexity index is 1470. The van der Waals surface area contributed by atoms with Crippen molar-refractivity contribution in [1.29, 1.82) is 5.26 Å². The summed E-state index contributed by atoms with van der Waals surface area (Å²) in [5.41, 5.74) is 5.01. The van der Waals surface area contributed by atoms with Crippen molar-refractivity contribution in [3.8, 4) is 28.8 Å². The number of nitriles is 1. The molecule has 0 unspecified atom stereocenters. The van der Waals surface area contributed by atoms with Gasteiger partial charge in [0.05, 0.1) is 36.0 Å². The quantitative estimate of drug-likeness (QED) is 0.411. The van der Waals surface area contributed by atoms with Crippen LogP contribution in [0.25, 0.3) is 33.1 Å². The Balaban J connectivity index is 1.68. The van der Waals surface area contributed by atoms with Gasteiger partial charge >= 0.3 is 0 Å². The van der Waals surface area contributed by atoms with Gasteiger partial charge in [0, 0.05) is 47.4 Å². The second-order valence-electron chi connectivity index (χ2n) is 7.35. The van der Waals surface area contributed by atoms with Gasteiger partial charge in [0.2, 0.25) is 0 Å². The minimum atomic E-state index is 0.370. The molecule has 7 nitrogen and oxygen atoms in total. The van der Waals surface area contributed by atoms with E-state index < -0.39 is 0 Å². The first kappa shape index (κ1) is 19.5. The third-order valence-electron chi connectivity index (χ3n) is 5.37. The zero-order valence-corrected chi connectivity index (χ0v) is 17.6. The van der Waals surface area contributed by atoms with Gasteiger partial charge in [-0.3, -0.25) is 14.6 Å². The van der Waals surface area contributed by atoms with Crippen LogP contribution in [0.5, 0.6) is 11.5 Å². The molecule has 0 spiro atoms. The number of pyridine rings is 2. The lowest BCUT2D eigenvalue weighted by atomic mass is 10.0. The molecule has 0 amide bonds. The highest BCUT2D eigenvalue weighted by Gasteiger charge is 2.17. The summed E-state index contributed by atoms with van der Waals surface area (Å²) in [5.74, 6) is 1.23. The molecule has 0 saturated heterocycles. The summed E-state index contributed by atoms with van der Waals surface area (Å²) in [6.45, 7) is 0.370. The number of aryl methyl sites for hydroxylation is 1. The third kappa shape index (κ3) is 3.38. The Morgan fingerprint density at radius 2 is 1.91 bits per heavy atom. The van der Waals surface area contributed by atoms with Crippen molar-refractivity contribution in [1.82, 2.24) is 19.7 Å². The highest BCUT2D eigenvalue weighted by atomic mass is 16.5. The molecular formula is C25H19N5O2. The minimum Gasteiger partial charge on any atom is -0.493 e. The summed E-state index contributed by atoms with van der Waals surface area (Å²) >= 11 is 0. The number of nitrogens with zero attached hydrogens (tertiary/aromatic N) is 5. The monoisotopic (exact) mass is 421 g/mol. The number of aromatic nitrogens is 4. The Morgan fingerprint density at radius 1 is 1.06 bits per heavy atom. The first-order chi connectivity index (χ1) is 15.7. The van der Waals surface area contributed by atoms with Gasteiger partial charge in [-0.05, 0) is 24.3 Å². The van der Waals surface area contributed by atoms with Crippen molar-refractivity contribution in [3.63, 3.8) is 0 Å². The Morgan fingerprint density at radius 3 is 2.62 bits per heavy atom. The average Bonchev–Trinajstić information content (AvgIpc) is 3.19.